The predicted octanol–water partition coefficient (Wildman–Crippen LogP) is 7.27. The van der Waals surface area contributed by atoms with E-state index < -0.39 is 5.91 Å². The minimum absolute atomic E-state index is 0.0382. The molecule has 1 N–H and O–H groups in total. The average Bonchev–Trinajstić information content (AvgIpc) is 2.83. The van der Waals surface area contributed by atoms with Gasteiger partial charge in [-0.15, -0.1) is 0 Å². The minimum Gasteiger partial charge on any atom is -0.487 e. The van der Waals surface area contributed by atoms with Crippen molar-refractivity contribution in [2.75, 3.05) is 5.32 Å². The normalized spacial score (nSPS) is 11.1. The lowest BCUT2D eigenvalue weighted by Crippen LogP contribution is -2.13. The first-order valence-electron chi connectivity index (χ1n) is 10.1. The molecule has 4 nitrogen and oxygen atoms in total. The van der Waals surface area contributed by atoms with Gasteiger partial charge < -0.3 is 10.1 Å². The second-order valence-corrected chi connectivity index (χ2v) is 8.03. The summed E-state index contributed by atoms with van der Waals surface area (Å²) in [6.07, 6.45) is 1.49. The van der Waals surface area contributed by atoms with Gasteiger partial charge in [-0.05, 0) is 41.3 Å². The standard InChI is InChI=1S/C27H18Cl2N2O2/c28-23-10-4-2-7-20(23)17-33-26-13-12-18(15-24(26)29)14-21(16-30)27(32)31-25-11-5-8-19-6-1-3-9-22(19)25/h1-15H,17H2,(H,31,32)/b21-14+. The number of halogens is 2. The van der Waals surface area contributed by atoms with Crippen LogP contribution in [-0.2, 0) is 11.4 Å². The molecule has 0 aliphatic rings. The van der Waals surface area contributed by atoms with Crippen LogP contribution in [0.5, 0.6) is 5.75 Å². The summed E-state index contributed by atoms with van der Waals surface area (Å²) < 4.78 is 5.78. The summed E-state index contributed by atoms with van der Waals surface area (Å²) in [6.45, 7) is 0.269. The molecule has 0 aliphatic heterocycles. The van der Waals surface area contributed by atoms with E-state index >= 15 is 0 Å². The molecule has 0 aromatic heterocycles. The maximum atomic E-state index is 12.8. The molecule has 0 fully saturated rings. The zero-order chi connectivity index (χ0) is 23.2. The lowest BCUT2D eigenvalue weighted by atomic mass is 10.1. The molecule has 0 aliphatic carbocycles. The van der Waals surface area contributed by atoms with Crippen molar-refractivity contribution < 1.29 is 9.53 Å². The van der Waals surface area contributed by atoms with E-state index in [1.165, 1.54) is 6.08 Å². The first kappa shape index (κ1) is 22.4. The molecule has 6 heteroatoms. The smallest absolute Gasteiger partial charge is 0.266 e. The van der Waals surface area contributed by atoms with Crippen LogP contribution in [0, 0.1) is 11.3 Å². The first-order valence-corrected chi connectivity index (χ1v) is 10.9. The maximum Gasteiger partial charge on any atom is 0.266 e. The third-order valence-electron chi connectivity index (χ3n) is 5.01. The Morgan fingerprint density at radius 2 is 1.70 bits per heavy atom. The number of amides is 1. The van der Waals surface area contributed by atoms with Crippen molar-refractivity contribution in [3.63, 3.8) is 0 Å². The Morgan fingerprint density at radius 3 is 2.48 bits per heavy atom. The van der Waals surface area contributed by atoms with Gasteiger partial charge in [-0.25, -0.2) is 0 Å². The number of ether oxygens (including phenoxy) is 1. The Hall–Kier alpha value is -3.78. The lowest BCUT2D eigenvalue weighted by Gasteiger charge is -2.10. The number of fused-ring (bicyclic) bond motifs is 1. The minimum atomic E-state index is -0.496. The van der Waals surface area contributed by atoms with Crippen molar-refractivity contribution >= 4 is 51.6 Å². The molecule has 0 heterocycles. The number of nitrogens with zero attached hydrogens (tertiary/aromatic N) is 1. The van der Waals surface area contributed by atoms with E-state index in [9.17, 15) is 10.1 Å². The molecule has 33 heavy (non-hydrogen) atoms. The highest BCUT2D eigenvalue weighted by Crippen LogP contribution is 2.29. The van der Waals surface area contributed by atoms with E-state index in [4.69, 9.17) is 27.9 Å². The van der Waals surface area contributed by atoms with Gasteiger partial charge in [0.15, 0.2) is 0 Å². The Kier molecular flexibility index (Phi) is 6.95. The second kappa shape index (κ2) is 10.2. The van der Waals surface area contributed by atoms with Gasteiger partial charge in [0, 0.05) is 21.7 Å². The summed E-state index contributed by atoms with van der Waals surface area (Å²) in [5, 5.41) is 15.3. The fourth-order valence-electron chi connectivity index (χ4n) is 3.33. The number of hydrogen-bond acceptors (Lipinski definition) is 3. The summed E-state index contributed by atoms with van der Waals surface area (Å²) in [5.74, 6) is -0.0172. The van der Waals surface area contributed by atoms with Crippen molar-refractivity contribution in [3.8, 4) is 11.8 Å². The van der Waals surface area contributed by atoms with Crippen LogP contribution in [0.3, 0.4) is 0 Å². The fraction of sp³-hybridized carbons (Fsp3) is 0.0370. The third kappa shape index (κ3) is 5.35. The fourth-order valence-corrected chi connectivity index (χ4v) is 3.77. The SMILES string of the molecule is N#C/C(=C\c1ccc(OCc2ccccc2Cl)c(Cl)c1)C(=O)Nc1cccc2ccccc12. The van der Waals surface area contributed by atoms with Crippen LogP contribution in [0.15, 0.2) is 90.5 Å². The van der Waals surface area contributed by atoms with Crippen molar-refractivity contribution in [1.82, 2.24) is 0 Å². The van der Waals surface area contributed by atoms with Gasteiger partial charge in [0.1, 0.15) is 24.0 Å². The van der Waals surface area contributed by atoms with Gasteiger partial charge in [-0.2, -0.15) is 5.26 Å². The van der Waals surface area contributed by atoms with Gasteiger partial charge in [0.05, 0.1) is 5.02 Å². The zero-order valence-electron chi connectivity index (χ0n) is 17.4. The van der Waals surface area contributed by atoms with Crippen LogP contribution in [0.25, 0.3) is 16.8 Å². The van der Waals surface area contributed by atoms with Crippen LogP contribution in [0.2, 0.25) is 10.0 Å². The summed E-state index contributed by atoms with van der Waals surface area (Å²) in [6, 6.07) is 27.8. The Bertz CT molecular complexity index is 1400. The monoisotopic (exact) mass is 472 g/mol. The number of nitrogens with one attached hydrogen (secondary N) is 1. The molecule has 1 amide bonds. The Balaban J connectivity index is 1.50. The highest BCUT2D eigenvalue weighted by atomic mass is 35.5. The molecule has 0 spiro atoms. The largest absolute Gasteiger partial charge is 0.487 e. The zero-order valence-corrected chi connectivity index (χ0v) is 18.9. The molecule has 0 atom stereocenters. The third-order valence-corrected chi connectivity index (χ3v) is 5.67. The quantitative estimate of drug-likeness (QED) is 0.237. The van der Waals surface area contributed by atoms with Gasteiger partial charge in [-0.3, -0.25) is 4.79 Å². The molecule has 162 valence electrons. The molecule has 4 rings (SSSR count). The van der Waals surface area contributed by atoms with Crippen LogP contribution < -0.4 is 10.1 Å². The van der Waals surface area contributed by atoms with Crippen LogP contribution in [-0.4, -0.2) is 5.91 Å². The number of nitriles is 1. The summed E-state index contributed by atoms with van der Waals surface area (Å²) >= 11 is 12.5. The Morgan fingerprint density at radius 1 is 0.939 bits per heavy atom. The number of carbonyl (C=O) groups excluding carboxylic acids is 1. The van der Waals surface area contributed by atoms with Crippen molar-refractivity contribution in [1.29, 1.82) is 5.26 Å². The lowest BCUT2D eigenvalue weighted by molar-refractivity contribution is -0.112. The van der Waals surface area contributed by atoms with Gasteiger partial charge in [-0.1, -0.05) is 83.9 Å². The van der Waals surface area contributed by atoms with E-state index in [2.05, 4.69) is 5.32 Å². The number of carbonyl (C=O) groups is 1. The topological polar surface area (TPSA) is 62.1 Å². The molecule has 4 aromatic carbocycles. The van der Waals surface area contributed by atoms with E-state index in [1.54, 1.807) is 30.3 Å². The van der Waals surface area contributed by atoms with Gasteiger partial charge >= 0.3 is 0 Å². The molecule has 0 saturated carbocycles. The summed E-state index contributed by atoms with van der Waals surface area (Å²) in [7, 11) is 0. The number of anilines is 1. The summed E-state index contributed by atoms with van der Waals surface area (Å²) in [4.78, 5) is 12.8. The van der Waals surface area contributed by atoms with Crippen molar-refractivity contribution in [3.05, 3.63) is 112 Å². The highest BCUT2D eigenvalue weighted by molar-refractivity contribution is 6.32. The molecule has 0 unspecified atom stereocenters. The number of benzene rings is 4. The first-order chi connectivity index (χ1) is 16.0. The Labute approximate surface area is 201 Å². The van der Waals surface area contributed by atoms with Crippen LogP contribution in [0.4, 0.5) is 5.69 Å². The highest BCUT2D eigenvalue weighted by Gasteiger charge is 2.12. The predicted molar refractivity (Wildman–Crippen MR) is 133 cm³/mol. The van der Waals surface area contributed by atoms with Gasteiger partial charge in [0.25, 0.3) is 5.91 Å². The second-order valence-electron chi connectivity index (χ2n) is 7.22. The van der Waals surface area contributed by atoms with E-state index in [0.29, 0.717) is 27.0 Å². The van der Waals surface area contributed by atoms with Crippen LogP contribution >= 0.6 is 23.2 Å². The van der Waals surface area contributed by atoms with E-state index in [0.717, 1.165) is 16.3 Å². The molecular formula is C27H18Cl2N2O2. The summed E-state index contributed by atoms with van der Waals surface area (Å²) in [5.41, 5.74) is 2.05. The molecule has 0 radical (unpaired) electrons. The van der Waals surface area contributed by atoms with Crippen LogP contribution in [0.1, 0.15) is 11.1 Å². The molecule has 4 aromatic rings. The van der Waals surface area contributed by atoms with Crippen molar-refractivity contribution in [2.24, 2.45) is 0 Å². The molecule has 0 saturated heterocycles. The average molecular weight is 473 g/mol. The molecule has 0 bridgehead atoms. The molecular weight excluding hydrogens is 455 g/mol. The number of rotatable bonds is 6. The van der Waals surface area contributed by atoms with E-state index in [-0.39, 0.29) is 12.2 Å². The number of hydrogen-bond donors (Lipinski definition) is 1. The van der Waals surface area contributed by atoms with E-state index in [1.807, 2.05) is 60.7 Å². The maximum absolute atomic E-state index is 12.8. The van der Waals surface area contributed by atoms with Gasteiger partial charge in [0.2, 0.25) is 0 Å². The van der Waals surface area contributed by atoms with Crippen molar-refractivity contribution in [2.45, 2.75) is 6.61 Å².